The highest BCUT2D eigenvalue weighted by molar-refractivity contribution is 7.09. The Morgan fingerprint density at radius 3 is 2.56 bits per heavy atom. The molecule has 0 N–H and O–H groups in total. The number of ketones is 1. The molecule has 1 saturated heterocycles. The Bertz CT molecular complexity index is 379. The van der Waals surface area contributed by atoms with Gasteiger partial charge in [-0.2, -0.15) is 0 Å². The number of hydrogen-bond acceptors (Lipinski definition) is 4. The third-order valence-corrected chi connectivity index (χ3v) is 5.00. The summed E-state index contributed by atoms with van der Waals surface area (Å²) in [5.41, 5.74) is 1.57. The van der Waals surface area contributed by atoms with E-state index in [4.69, 9.17) is 0 Å². The van der Waals surface area contributed by atoms with E-state index in [-0.39, 0.29) is 5.54 Å². The van der Waals surface area contributed by atoms with E-state index in [0.29, 0.717) is 12.2 Å². The first-order valence-electron chi connectivity index (χ1n) is 6.88. The molecule has 18 heavy (non-hydrogen) atoms. The van der Waals surface area contributed by atoms with Crippen molar-refractivity contribution in [3.8, 4) is 0 Å². The molecule has 0 amide bonds. The van der Waals surface area contributed by atoms with Gasteiger partial charge in [0.2, 0.25) is 0 Å². The molecule has 2 heterocycles. The topological polar surface area (TPSA) is 33.2 Å². The van der Waals surface area contributed by atoms with Crippen LogP contribution in [0.25, 0.3) is 0 Å². The Kier molecular flexibility index (Phi) is 4.51. The summed E-state index contributed by atoms with van der Waals surface area (Å²) in [6, 6.07) is 0. The van der Waals surface area contributed by atoms with Crippen LogP contribution in [0.2, 0.25) is 0 Å². The zero-order valence-electron chi connectivity index (χ0n) is 11.3. The molecule has 1 aromatic rings. The summed E-state index contributed by atoms with van der Waals surface area (Å²) in [5, 5.41) is 0. The number of aromatic nitrogens is 1. The normalized spacial score (nSPS) is 17.2. The van der Waals surface area contributed by atoms with Crippen LogP contribution in [0.4, 0.5) is 0 Å². The Morgan fingerprint density at radius 2 is 2.06 bits per heavy atom. The Balaban J connectivity index is 2.15. The van der Waals surface area contributed by atoms with Gasteiger partial charge in [0.1, 0.15) is 0 Å². The molecule has 1 aliphatic heterocycles. The Morgan fingerprint density at radius 1 is 1.39 bits per heavy atom. The molecule has 0 atom stereocenters. The van der Waals surface area contributed by atoms with Gasteiger partial charge in [0.15, 0.2) is 5.78 Å². The van der Waals surface area contributed by atoms with E-state index in [9.17, 15) is 4.79 Å². The lowest BCUT2D eigenvalue weighted by Gasteiger charge is -2.39. The SMILES string of the molecule is CCC(CC)(C(=O)Cc1cncs1)N1CCCC1. The van der Waals surface area contributed by atoms with Crippen molar-refractivity contribution in [3.05, 3.63) is 16.6 Å². The van der Waals surface area contributed by atoms with Crippen LogP contribution >= 0.6 is 11.3 Å². The van der Waals surface area contributed by atoms with Crippen molar-refractivity contribution in [2.45, 2.75) is 51.5 Å². The molecule has 4 heteroatoms. The first-order chi connectivity index (χ1) is 8.73. The molecule has 0 bridgehead atoms. The van der Waals surface area contributed by atoms with Crippen molar-refractivity contribution in [3.63, 3.8) is 0 Å². The smallest absolute Gasteiger partial charge is 0.158 e. The number of hydrogen-bond donors (Lipinski definition) is 0. The van der Waals surface area contributed by atoms with Crippen LogP contribution in [0.5, 0.6) is 0 Å². The van der Waals surface area contributed by atoms with E-state index >= 15 is 0 Å². The van der Waals surface area contributed by atoms with Crippen LogP contribution in [-0.2, 0) is 11.2 Å². The summed E-state index contributed by atoms with van der Waals surface area (Å²) in [6.07, 6.45) is 6.67. The standard InChI is InChI=1S/C14H22N2OS/c1-3-14(4-2,16-7-5-6-8-16)13(17)9-12-10-15-11-18-12/h10-11H,3-9H2,1-2H3. The van der Waals surface area contributed by atoms with Gasteiger partial charge in [0, 0.05) is 17.5 Å². The van der Waals surface area contributed by atoms with Gasteiger partial charge in [0.05, 0.1) is 11.0 Å². The molecule has 1 aliphatic rings. The maximum atomic E-state index is 12.7. The second-order valence-corrected chi connectivity index (χ2v) is 5.97. The molecule has 1 fully saturated rings. The van der Waals surface area contributed by atoms with Crippen LogP contribution in [0.1, 0.15) is 44.4 Å². The number of likely N-dealkylation sites (tertiary alicyclic amines) is 1. The largest absolute Gasteiger partial charge is 0.297 e. The number of carbonyl (C=O) groups is 1. The minimum Gasteiger partial charge on any atom is -0.297 e. The monoisotopic (exact) mass is 266 g/mol. The Hall–Kier alpha value is -0.740. The second kappa shape index (κ2) is 5.93. The van der Waals surface area contributed by atoms with E-state index in [2.05, 4.69) is 23.7 Å². The lowest BCUT2D eigenvalue weighted by atomic mass is 9.84. The summed E-state index contributed by atoms with van der Waals surface area (Å²) in [5.74, 6) is 0.374. The molecule has 3 nitrogen and oxygen atoms in total. The van der Waals surface area contributed by atoms with Gasteiger partial charge < -0.3 is 0 Å². The predicted octanol–water partition coefficient (Wildman–Crippen LogP) is 2.91. The van der Waals surface area contributed by atoms with Crippen molar-refractivity contribution in [1.82, 2.24) is 9.88 Å². The van der Waals surface area contributed by atoms with E-state index in [1.165, 1.54) is 12.8 Å². The predicted molar refractivity (Wildman–Crippen MR) is 74.9 cm³/mol. The maximum Gasteiger partial charge on any atom is 0.158 e. The molecule has 0 radical (unpaired) electrons. The third-order valence-electron chi connectivity index (χ3n) is 4.22. The van der Waals surface area contributed by atoms with Crippen LogP contribution < -0.4 is 0 Å². The highest BCUT2D eigenvalue weighted by Crippen LogP contribution is 2.30. The first kappa shape index (κ1) is 13.7. The van der Waals surface area contributed by atoms with Gasteiger partial charge in [-0.25, -0.2) is 0 Å². The van der Waals surface area contributed by atoms with E-state index in [1.807, 2.05) is 6.20 Å². The highest BCUT2D eigenvalue weighted by atomic mass is 32.1. The molecule has 1 aromatic heterocycles. The van der Waals surface area contributed by atoms with Crippen molar-refractivity contribution >= 4 is 17.1 Å². The maximum absolute atomic E-state index is 12.7. The summed E-state index contributed by atoms with van der Waals surface area (Å²) in [6.45, 7) is 6.45. The van der Waals surface area contributed by atoms with Crippen molar-refractivity contribution in [2.24, 2.45) is 0 Å². The fourth-order valence-electron chi connectivity index (χ4n) is 3.07. The van der Waals surface area contributed by atoms with Crippen LogP contribution in [0.3, 0.4) is 0 Å². The average molecular weight is 266 g/mol. The van der Waals surface area contributed by atoms with Crippen LogP contribution in [0, 0.1) is 0 Å². The molecular weight excluding hydrogens is 244 g/mol. The van der Waals surface area contributed by atoms with Gasteiger partial charge in [-0.15, -0.1) is 11.3 Å². The number of Topliss-reactive ketones (excluding diaryl/α,β-unsaturated/α-hetero) is 1. The highest BCUT2D eigenvalue weighted by Gasteiger charge is 2.41. The molecular formula is C14H22N2OS. The van der Waals surface area contributed by atoms with Crippen molar-refractivity contribution in [1.29, 1.82) is 0 Å². The van der Waals surface area contributed by atoms with E-state index < -0.39 is 0 Å². The van der Waals surface area contributed by atoms with Gasteiger partial charge in [-0.05, 0) is 38.8 Å². The van der Waals surface area contributed by atoms with Crippen molar-refractivity contribution in [2.75, 3.05) is 13.1 Å². The number of carbonyl (C=O) groups excluding carboxylic acids is 1. The minimum absolute atomic E-state index is 0.236. The lowest BCUT2D eigenvalue weighted by molar-refractivity contribution is -0.130. The third kappa shape index (κ3) is 2.50. The molecule has 0 saturated carbocycles. The number of thiazole rings is 1. The fourth-order valence-corrected chi connectivity index (χ4v) is 3.66. The van der Waals surface area contributed by atoms with Crippen molar-refractivity contribution < 1.29 is 4.79 Å². The summed E-state index contributed by atoms with van der Waals surface area (Å²) >= 11 is 1.58. The Labute approximate surface area is 113 Å². The van der Waals surface area contributed by atoms with Crippen LogP contribution in [-0.4, -0.2) is 34.3 Å². The zero-order chi connectivity index (χ0) is 13.0. The van der Waals surface area contributed by atoms with Gasteiger partial charge in [0.25, 0.3) is 0 Å². The number of rotatable bonds is 6. The summed E-state index contributed by atoms with van der Waals surface area (Å²) in [4.78, 5) is 20.3. The average Bonchev–Trinajstić information content (AvgIpc) is 3.04. The molecule has 0 aromatic carbocycles. The van der Waals surface area contributed by atoms with E-state index in [1.54, 1.807) is 16.8 Å². The van der Waals surface area contributed by atoms with Gasteiger partial charge >= 0.3 is 0 Å². The second-order valence-electron chi connectivity index (χ2n) is 5.00. The lowest BCUT2D eigenvalue weighted by Crippen LogP contribution is -2.53. The van der Waals surface area contributed by atoms with Gasteiger partial charge in [-0.3, -0.25) is 14.7 Å². The molecule has 2 rings (SSSR count). The fraction of sp³-hybridized carbons (Fsp3) is 0.714. The summed E-state index contributed by atoms with van der Waals surface area (Å²) in [7, 11) is 0. The minimum atomic E-state index is -0.236. The van der Waals surface area contributed by atoms with Crippen LogP contribution in [0.15, 0.2) is 11.7 Å². The molecule has 0 spiro atoms. The molecule has 100 valence electrons. The van der Waals surface area contributed by atoms with Gasteiger partial charge in [-0.1, -0.05) is 13.8 Å². The molecule has 0 unspecified atom stereocenters. The quantitative estimate of drug-likeness (QED) is 0.794. The molecule has 0 aliphatic carbocycles. The number of nitrogens with zero attached hydrogens (tertiary/aromatic N) is 2. The van der Waals surface area contributed by atoms with E-state index in [0.717, 1.165) is 30.8 Å². The summed E-state index contributed by atoms with van der Waals surface area (Å²) < 4.78 is 0. The zero-order valence-corrected chi connectivity index (χ0v) is 12.1. The first-order valence-corrected chi connectivity index (χ1v) is 7.76.